The van der Waals surface area contributed by atoms with Gasteiger partial charge in [0.05, 0.1) is 16.4 Å². The number of hydrogen-bond acceptors (Lipinski definition) is 3. The minimum atomic E-state index is -0.559. The summed E-state index contributed by atoms with van der Waals surface area (Å²) in [6, 6.07) is 11.4. The van der Waals surface area contributed by atoms with Gasteiger partial charge in [-0.1, -0.05) is 37.1 Å². The molecule has 7 heteroatoms. The molecule has 1 heterocycles. The van der Waals surface area contributed by atoms with Crippen LogP contribution in [-0.4, -0.2) is 15.7 Å². The summed E-state index contributed by atoms with van der Waals surface area (Å²) < 4.78 is 14.7. The minimum absolute atomic E-state index is 0.0378. The summed E-state index contributed by atoms with van der Waals surface area (Å²) in [4.78, 5) is 25.0. The third-order valence-electron chi connectivity index (χ3n) is 4.84. The van der Waals surface area contributed by atoms with E-state index in [1.54, 1.807) is 13.8 Å². The van der Waals surface area contributed by atoms with Gasteiger partial charge < -0.3 is 5.32 Å². The predicted octanol–water partition coefficient (Wildman–Crippen LogP) is 5.44. The van der Waals surface area contributed by atoms with E-state index in [2.05, 4.69) is 10.4 Å². The molecule has 0 radical (unpaired) electrons. The van der Waals surface area contributed by atoms with Crippen molar-refractivity contribution in [3.8, 4) is 16.8 Å². The molecule has 1 amide bonds. The standard InChI is InChI=1S/C23H23ClFN3O2/c1-4-5-9-21(29)26-17-8-6-7-16(12-17)22-14(2)23(30)28(27-15(22)3)18-10-11-20(25)19(24)13-18/h6-8,10-13H,4-5,9H2,1-3H3,(H,26,29). The molecule has 0 atom stereocenters. The van der Waals surface area contributed by atoms with Crippen LogP contribution in [-0.2, 0) is 4.79 Å². The lowest BCUT2D eigenvalue weighted by molar-refractivity contribution is -0.116. The second-order valence-electron chi connectivity index (χ2n) is 7.13. The molecule has 0 unspecified atom stereocenters. The zero-order valence-corrected chi connectivity index (χ0v) is 17.9. The molecule has 3 aromatic rings. The summed E-state index contributed by atoms with van der Waals surface area (Å²) >= 11 is 5.86. The fraction of sp³-hybridized carbons (Fsp3) is 0.261. The average molecular weight is 428 g/mol. The van der Waals surface area contributed by atoms with E-state index in [4.69, 9.17) is 11.6 Å². The van der Waals surface area contributed by atoms with Crippen molar-refractivity contribution in [1.82, 2.24) is 9.78 Å². The van der Waals surface area contributed by atoms with E-state index in [0.717, 1.165) is 18.4 Å². The van der Waals surface area contributed by atoms with Gasteiger partial charge in [-0.15, -0.1) is 0 Å². The van der Waals surface area contributed by atoms with Crippen molar-refractivity contribution in [3.63, 3.8) is 0 Å². The molecule has 0 saturated heterocycles. The number of carbonyl (C=O) groups is 1. The first kappa shape index (κ1) is 21.7. The highest BCUT2D eigenvalue weighted by Gasteiger charge is 2.16. The van der Waals surface area contributed by atoms with E-state index < -0.39 is 5.82 Å². The van der Waals surface area contributed by atoms with Gasteiger partial charge in [0.25, 0.3) is 5.56 Å². The second kappa shape index (κ2) is 9.22. The normalized spacial score (nSPS) is 10.8. The molecule has 5 nitrogen and oxygen atoms in total. The molecule has 0 aliphatic rings. The Morgan fingerprint density at radius 3 is 2.67 bits per heavy atom. The van der Waals surface area contributed by atoms with Crippen LogP contribution in [0.1, 0.15) is 37.4 Å². The average Bonchev–Trinajstić information content (AvgIpc) is 2.71. The van der Waals surface area contributed by atoms with Gasteiger partial charge in [-0.25, -0.2) is 4.39 Å². The monoisotopic (exact) mass is 427 g/mol. The predicted molar refractivity (Wildman–Crippen MR) is 118 cm³/mol. The molecule has 3 rings (SSSR count). The largest absolute Gasteiger partial charge is 0.326 e. The van der Waals surface area contributed by atoms with Crippen LogP contribution in [0.3, 0.4) is 0 Å². The van der Waals surface area contributed by atoms with Gasteiger partial charge >= 0.3 is 0 Å². The number of anilines is 1. The number of nitrogens with one attached hydrogen (secondary N) is 1. The maximum Gasteiger partial charge on any atom is 0.275 e. The highest BCUT2D eigenvalue weighted by atomic mass is 35.5. The van der Waals surface area contributed by atoms with Crippen molar-refractivity contribution in [2.75, 3.05) is 5.32 Å². The Morgan fingerprint density at radius 2 is 1.97 bits per heavy atom. The molecular formula is C23H23ClFN3O2. The minimum Gasteiger partial charge on any atom is -0.326 e. The molecular weight excluding hydrogens is 405 g/mol. The third kappa shape index (κ3) is 4.60. The first-order chi connectivity index (χ1) is 14.3. The van der Waals surface area contributed by atoms with E-state index in [1.165, 1.54) is 22.9 Å². The van der Waals surface area contributed by atoms with Crippen molar-refractivity contribution in [1.29, 1.82) is 0 Å². The molecule has 0 spiro atoms. The highest BCUT2D eigenvalue weighted by molar-refractivity contribution is 6.30. The molecule has 1 aromatic heterocycles. The lowest BCUT2D eigenvalue weighted by atomic mass is 10.00. The fourth-order valence-corrected chi connectivity index (χ4v) is 3.49. The number of aryl methyl sites for hydroxylation is 1. The lowest BCUT2D eigenvalue weighted by Gasteiger charge is -2.14. The van der Waals surface area contributed by atoms with E-state index in [-0.39, 0.29) is 16.5 Å². The van der Waals surface area contributed by atoms with Crippen molar-refractivity contribution in [2.24, 2.45) is 0 Å². The zero-order chi connectivity index (χ0) is 21.8. The smallest absolute Gasteiger partial charge is 0.275 e. The molecule has 1 N–H and O–H groups in total. The summed E-state index contributed by atoms with van der Waals surface area (Å²) in [6.07, 6.45) is 2.25. The Bertz CT molecular complexity index is 1160. The number of halogens is 2. The Balaban J connectivity index is 2.01. The van der Waals surface area contributed by atoms with Gasteiger partial charge in [0, 0.05) is 23.2 Å². The molecule has 2 aromatic carbocycles. The van der Waals surface area contributed by atoms with Gasteiger partial charge in [-0.2, -0.15) is 9.78 Å². The third-order valence-corrected chi connectivity index (χ3v) is 5.13. The van der Waals surface area contributed by atoms with Crippen LogP contribution >= 0.6 is 11.6 Å². The number of benzene rings is 2. The Labute approximate surface area is 179 Å². The number of amides is 1. The van der Waals surface area contributed by atoms with Gasteiger partial charge in [-0.3, -0.25) is 9.59 Å². The van der Waals surface area contributed by atoms with Crippen LogP contribution in [0.5, 0.6) is 0 Å². The summed E-state index contributed by atoms with van der Waals surface area (Å²) in [5.74, 6) is -0.597. The first-order valence-corrected chi connectivity index (χ1v) is 10.2. The Morgan fingerprint density at radius 1 is 1.20 bits per heavy atom. The number of aromatic nitrogens is 2. The van der Waals surface area contributed by atoms with Crippen LogP contribution in [0.25, 0.3) is 16.8 Å². The Hall–Kier alpha value is -2.99. The topological polar surface area (TPSA) is 64.0 Å². The molecule has 0 saturated carbocycles. The maximum absolute atomic E-state index is 13.5. The van der Waals surface area contributed by atoms with Crippen LogP contribution in [0.4, 0.5) is 10.1 Å². The maximum atomic E-state index is 13.5. The van der Waals surface area contributed by atoms with E-state index in [0.29, 0.717) is 34.6 Å². The Kier molecular flexibility index (Phi) is 6.67. The van der Waals surface area contributed by atoms with Gasteiger partial charge in [0.2, 0.25) is 5.91 Å². The lowest BCUT2D eigenvalue weighted by Crippen LogP contribution is -2.25. The number of hydrogen-bond donors (Lipinski definition) is 1. The number of carbonyl (C=O) groups excluding carboxylic acids is 1. The number of unbranched alkanes of at least 4 members (excludes halogenated alkanes) is 1. The van der Waals surface area contributed by atoms with Crippen LogP contribution in [0, 0.1) is 19.7 Å². The quantitative estimate of drug-likeness (QED) is 0.569. The van der Waals surface area contributed by atoms with Crippen molar-refractivity contribution >= 4 is 23.2 Å². The summed E-state index contributed by atoms with van der Waals surface area (Å²) in [5, 5.41) is 7.24. The van der Waals surface area contributed by atoms with Gasteiger partial charge in [0.15, 0.2) is 0 Å². The van der Waals surface area contributed by atoms with Crippen molar-refractivity contribution in [2.45, 2.75) is 40.0 Å². The summed E-state index contributed by atoms with van der Waals surface area (Å²) in [7, 11) is 0. The summed E-state index contributed by atoms with van der Waals surface area (Å²) in [6.45, 7) is 5.56. The van der Waals surface area contributed by atoms with Crippen molar-refractivity contribution < 1.29 is 9.18 Å². The van der Waals surface area contributed by atoms with E-state index >= 15 is 0 Å². The first-order valence-electron chi connectivity index (χ1n) is 9.78. The molecule has 0 aliphatic heterocycles. The SMILES string of the molecule is CCCCC(=O)Nc1cccc(-c2c(C)nn(-c3ccc(F)c(Cl)c3)c(=O)c2C)c1. The molecule has 0 bridgehead atoms. The zero-order valence-electron chi connectivity index (χ0n) is 17.1. The molecule has 0 fully saturated rings. The fourth-order valence-electron chi connectivity index (χ4n) is 3.31. The van der Waals surface area contributed by atoms with Gasteiger partial charge in [-0.05, 0) is 56.2 Å². The van der Waals surface area contributed by atoms with Gasteiger partial charge in [0.1, 0.15) is 5.82 Å². The van der Waals surface area contributed by atoms with E-state index in [9.17, 15) is 14.0 Å². The number of rotatable bonds is 6. The van der Waals surface area contributed by atoms with Crippen LogP contribution in [0.15, 0.2) is 47.3 Å². The highest BCUT2D eigenvalue weighted by Crippen LogP contribution is 2.27. The second-order valence-corrected chi connectivity index (χ2v) is 7.54. The molecule has 0 aliphatic carbocycles. The summed E-state index contributed by atoms with van der Waals surface area (Å²) in [5.41, 5.74) is 3.35. The van der Waals surface area contributed by atoms with E-state index in [1.807, 2.05) is 31.2 Å². The van der Waals surface area contributed by atoms with Crippen LogP contribution in [0.2, 0.25) is 5.02 Å². The van der Waals surface area contributed by atoms with Crippen LogP contribution < -0.4 is 10.9 Å². The number of nitrogens with zero attached hydrogens (tertiary/aromatic N) is 2. The molecule has 156 valence electrons. The van der Waals surface area contributed by atoms with Crippen molar-refractivity contribution in [3.05, 3.63) is 74.9 Å². The molecule has 30 heavy (non-hydrogen) atoms.